The van der Waals surface area contributed by atoms with Gasteiger partial charge in [0.2, 0.25) is 5.88 Å². The molecule has 4 heteroatoms. The monoisotopic (exact) mass is 166 g/mol. The average molecular weight is 166 g/mol. The van der Waals surface area contributed by atoms with Gasteiger partial charge < -0.3 is 9.84 Å². The normalized spacial score (nSPS) is 10.5. The number of aliphatic hydroxyl groups excluding tert-OH is 1. The Hall–Kier alpha value is -1.42. The van der Waals surface area contributed by atoms with Crippen LogP contribution in [0.3, 0.4) is 0 Å². The van der Waals surface area contributed by atoms with E-state index in [0.29, 0.717) is 11.6 Å². The first-order valence-corrected chi connectivity index (χ1v) is 3.52. The minimum Gasteiger partial charge on any atom is -0.480 e. The van der Waals surface area contributed by atoms with Gasteiger partial charge in [0.15, 0.2) is 0 Å². The van der Waals surface area contributed by atoms with E-state index in [1.54, 1.807) is 24.3 Å². The molecule has 0 saturated heterocycles. The molecule has 1 heterocycles. The number of hydrogen-bond donors (Lipinski definition) is 1. The Bertz CT molecular complexity index is 256. The zero-order chi connectivity index (χ0) is 8.81. The van der Waals surface area contributed by atoms with Crippen molar-refractivity contribution in [1.29, 1.82) is 0 Å². The minimum absolute atomic E-state index is 0.00765. The van der Waals surface area contributed by atoms with Crippen molar-refractivity contribution in [3.8, 4) is 5.88 Å². The van der Waals surface area contributed by atoms with Gasteiger partial charge in [0.25, 0.3) is 0 Å². The molecular weight excluding hydrogens is 156 g/mol. The average Bonchev–Trinajstić information content (AvgIpc) is 2.15. The number of aromatic nitrogens is 2. The summed E-state index contributed by atoms with van der Waals surface area (Å²) < 4.78 is 4.83. The van der Waals surface area contributed by atoms with E-state index in [2.05, 4.69) is 10.2 Å². The lowest BCUT2D eigenvalue weighted by Gasteiger charge is -1.95. The lowest BCUT2D eigenvalue weighted by molar-refractivity contribution is 0.343. The third-order valence-corrected chi connectivity index (χ3v) is 1.26. The zero-order valence-electron chi connectivity index (χ0n) is 6.77. The van der Waals surface area contributed by atoms with Crippen LogP contribution in [0.4, 0.5) is 0 Å². The Labute approximate surface area is 70.5 Å². The molecule has 0 saturated carbocycles. The summed E-state index contributed by atoms with van der Waals surface area (Å²) >= 11 is 0. The number of aliphatic hydroxyl groups is 1. The highest BCUT2D eigenvalue weighted by molar-refractivity contribution is 5.43. The predicted octanol–water partition coefficient (Wildman–Crippen LogP) is 0.491. The predicted molar refractivity (Wildman–Crippen MR) is 44.7 cm³/mol. The van der Waals surface area contributed by atoms with Crippen molar-refractivity contribution in [1.82, 2.24) is 10.2 Å². The highest BCUT2D eigenvalue weighted by Gasteiger charge is 1.91. The second-order valence-electron chi connectivity index (χ2n) is 2.09. The van der Waals surface area contributed by atoms with Crippen molar-refractivity contribution in [3.63, 3.8) is 0 Å². The molecular formula is C8H10N2O2. The molecule has 1 rings (SSSR count). The van der Waals surface area contributed by atoms with Gasteiger partial charge in [-0.3, -0.25) is 0 Å². The maximum atomic E-state index is 8.47. The van der Waals surface area contributed by atoms with Crippen LogP contribution in [0.1, 0.15) is 5.69 Å². The topological polar surface area (TPSA) is 55.2 Å². The van der Waals surface area contributed by atoms with E-state index in [-0.39, 0.29) is 6.61 Å². The molecule has 4 nitrogen and oxygen atoms in total. The number of rotatable bonds is 3. The van der Waals surface area contributed by atoms with Crippen molar-refractivity contribution in [3.05, 3.63) is 23.9 Å². The van der Waals surface area contributed by atoms with Gasteiger partial charge in [-0.2, -0.15) is 0 Å². The third-order valence-electron chi connectivity index (χ3n) is 1.26. The first-order valence-electron chi connectivity index (χ1n) is 3.52. The molecule has 0 aliphatic carbocycles. The summed E-state index contributed by atoms with van der Waals surface area (Å²) in [6.07, 6.45) is 3.28. The van der Waals surface area contributed by atoms with Crippen molar-refractivity contribution in [2.24, 2.45) is 0 Å². The van der Waals surface area contributed by atoms with Crippen LogP contribution in [-0.4, -0.2) is 29.0 Å². The van der Waals surface area contributed by atoms with Crippen LogP contribution in [0.15, 0.2) is 18.2 Å². The molecule has 0 fully saturated rings. The Morgan fingerprint density at radius 3 is 2.83 bits per heavy atom. The van der Waals surface area contributed by atoms with Crippen LogP contribution < -0.4 is 4.74 Å². The fourth-order valence-electron chi connectivity index (χ4n) is 0.702. The van der Waals surface area contributed by atoms with E-state index < -0.39 is 0 Å². The molecule has 1 aromatic rings. The van der Waals surface area contributed by atoms with Crippen molar-refractivity contribution in [2.75, 3.05) is 13.7 Å². The number of methoxy groups -OCH3 is 1. The number of ether oxygens (including phenoxy) is 1. The SMILES string of the molecule is COc1ccc(C=CCO)nn1. The smallest absolute Gasteiger partial charge is 0.233 e. The molecule has 1 N–H and O–H groups in total. The summed E-state index contributed by atoms with van der Waals surface area (Å²) in [5, 5.41) is 16.0. The molecule has 0 aliphatic heterocycles. The fourth-order valence-corrected chi connectivity index (χ4v) is 0.702. The van der Waals surface area contributed by atoms with Crippen LogP contribution in [0, 0.1) is 0 Å². The summed E-state index contributed by atoms with van der Waals surface area (Å²) in [6, 6.07) is 3.47. The zero-order valence-corrected chi connectivity index (χ0v) is 6.77. The Morgan fingerprint density at radius 1 is 1.50 bits per heavy atom. The molecule has 12 heavy (non-hydrogen) atoms. The molecule has 0 bridgehead atoms. The van der Waals surface area contributed by atoms with Gasteiger partial charge in [-0.25, -0.2) is 0 Å². The summed E-state index contributed by atoms with van der Waals surface area (Å²) in [5.41, 5.74) is 0.699. The molecule has 1 aromatic heterocycles. The van der Waals surface area contributed by atoms with Crippen LogP contribution in [-0.2, 0) is 0 Å². The quantitative estimate of drug-likeness (QED) is 0.710. The Morgan fingerprint density at radius 2 is 2.33 bits per heavy atom. The van der Waals surface area contributed by atoms with Crippen LogP contribution in [0.25, 0.3) is 6.08 Å². The van der Waals surface area contributed by atoms with E-state index in [1.165, 1.54) is 7.11 Å². The van der Waals surface area contributed by atoms with Crippen molar-refractivity contribution >= 4 is 6.08 Å². The largest absolute Gasteiger partial charge is 0.480 e. The van der Waals surface area contributed by atoms with Gasteiger partial charge in [0, 0.05) is 6.07 Å². The standard InChI is InChI=1S/C8H10N2O2/c1-12-8-5-4-7(9-10-8)3-2-6-11/h2-5,11H,6H2,1H3. The van der Waals surface area contributed by atoms with E-state index in [9.17, 15) is 0 Å². The number of nitrogens with zero attached hydrogens (tertiary/aromatic N) is 2. The third kappa shape index (κ3) is 2.32. The van der Waals surface area contributed by atoms with E-state index in [1.807, 2.05) is 0 Å². The molecule has 0 spiro atoms. The van der Waals surface area contributed by atoms with E-state index >= 15 is 0 Å². The maximum Gasteiger partial charge on any atom is 0.233 e. The second-order valence-corrected chi connectivity index (χ2v) is 2.09. The molecule has 0 atom stereocenters. The summed E-state index contributed by atoms with van der Waals surface area (Å²) in [7, 11) is 1.53. The highest BCUT2D eigenvalue weighted by atomic mass is 16.5. The summed E-state index contributed by atoms with van der Waals surface area (Å²) in [4.78, 5) is 0. The molecule has 0 amide bonds. The van der Waals surface area contributed by atoms with Crippen molar-refractivity contribution in [2.45, 2.75) is 0 Å². The van der Waals surface area contributed by atoms with Gasteiger partial charge in [-0.15, -0.1) is 10.2 Å². The number of hydrogen-bond acceptors (Lipinski definition) is 4. The lowest BCUT2D eigenvalue weighted by atomic mass is 10.3. The van der Waals surface area contributed by atoms with Gasteiger partial charge in [0.05, 0.1) is 19.4 Å². The molecule has 0 aliphatic rings. The molecule has 0 unspecified atom stereocenters. The Balaban J connectivity index is 2.71. The van der Waals surface area contributed by atoms with E-state index in [4.69, 9.17) is 9.84 Å². The Kier molecular flexibility index (Phi) is 3.22. The van der Waals surface area contributed by atoms with Crippen LogP contribution in [0.5, 0.6) is 5.88 Å². The lowest BCUT2D eigenvalue weighted by Crippen LogP contribution is -1.91. The molecule has 0 aromatic carbocycles. The van der Waals surface area contributed by atoms with Gasteiger partial charge in [0.1, 0.15) is 0 Å². The van der Waals surface area contributed by atoms with E-state index in [0.717, 1.165) is 0 Å². The second kappa shape index (κ2) is 4.46. The first-order chi connectivity index (χ1) is 5.86. The first kappa shape index (κ1) is 8.67. The van der Waals surface area contributed by atoms with Crippen LogP contribution in [0.2, 0.25) is 0 Å². The molecule has 0 radical (unpaired) electrons. The highest BCUT2D eigenvalue weighted by Crippen LogP contribution is 2.04. The van der Waals surface area contributed by atoms with Gasteiger partial charge in [-0.1, -0.05) is 6.08 Å². The van der Waals surface area contributed by atoms with Gasteiger partial charge in [-0.05, 0) is 12.1 Å². The maximum absolute atomic E-state index is 8.47. The minimum atomic E-state index is 0.00765. The fraction of sp³-hybridized carbons (Fsp3) is 0.250. The molecule has 64 valence electrons. The summed E-state index contributed by atoms with van der Waals surface area (Å²) in [5.74, 6) is 0.483. The summed E-state index contributed by atoms with van der Waals surface area (Å²) in [6.45, 7) is 0.00765. The van der Waals surface area contributed by atoms with Gasteiger partial charge >= 0.3 is 0 Å². The van der Waals surface area contributed by atoms with Crippen molar-refractivity contribution < 1.29 is 9.84 Å². The van der Waals surface area contributed by atoms with Crippen LogP contribution >= 0.6 is 0 Å².